The van der Waals surface area contributed by atoms with Gasteiger partial charge in [0.25, 0.3) is 0 Å². The quantitative estimate of drug-likeness (QED) is 0.604. The van der Waals surface area contributed by atoms with Crippen molar-refractivity contribution in [1.29, 1.82) is 0 Å². The van der Waals surface area contributed by atoms with Gasteiger partial charge in [-0.3, -0.25) is 4.79 Å². The van der Waals surface area contributed by atoms with Gasteiger partial charge in [-0.05, 0) is 41.8 Å². The SMILES string of the molecule is N[C@@H](Cc1ccc(O)c(/C=C/c2ccc(C(=O)O)cc2)c1)C(=O)O. The van der Waals surface area contributed by atoms with Crippen LogP contribution in [0.2, 0.25) is 0 Å². The van der Waals surface area contributed by atoms with Crippen molar-refractivity contribution < 1.29 is 24.9 Å². The zero-order valence-electron chi connectivity index (χ0n) is 12.7. The number of nitrogens with two attached hydrogens (primary N) is 1. The van der Waals surface area contributed by atoms with Gasteiger partial charge in [0, 0.05) is 5.56 Å². The number of aliphatic carboxylic acids is 1. The van der Waals surface area contributed by atoms with E-state index in [1.165, 1.54) is 18.2 Å². The average Bonchev–Trinajstić information content (AvgIpc) is 2.55. The zero-order valence-corrected chi connectivity index (χ0v) is 12.7. The van der Waals surface area contributed by atoms with E-state index in [9.17, 15) is 14.7 Å². The molecule has 6 heteroatoms. The van der Waals surface area contributed by atoms with Crippen molar-refractivity contribution in [2.24, 2.45) is 5.73 Å². The van der Waals surface area contributed by atoms with Gasteiger partial charge in [0.15, 0.2) is 0 Å². The van der Waals surface area contributed by atoms with Gasteiger partial charge in [-0.15, -0.1) is 0 Å². The predicted molar refractivity (Wildman–Crippen MR) is 89.8 cm³/mol. The van der Waals surface area contributed by atoms with Crippen LogP contribution < -0.4 is 5.73 Å². The maximum absolute atomic E-state index is 10.8. The summed E-state index contributed by atoms with van der Waals surface area (Å²) < 4.78 is 0. The fraction of sp³-hybridized carbons (Fsp3) is 0.111. The molecular weight excluding hydrogens is 310 g/mol. The highest BCUT2D eigenvalue weighted by atomic mass is 16.4. The van der Waals surface area contributed by atoms with Crippen molar-refractivity contribution in [2.45, 2.75) is 12.5 Å². The number of phenolic OH excluding ortho intramolecular Hbond substituents is 1. The second-order valence-corrected chi connectivity index (χ2v) is 5.30. The van der Waals surface area contributed by atoms with Gasteiger partial charge in [-0.2, -0.15) is 0 Å². The highest BCUT2D eigenvalue weighted by Gasteiger charge is 2.12. The summed E-state index contributed by atoms with van der Waals surface area (Å²) >= 11 is 0. The molecular formula is C18H17NO5. The number of hydrogen-bond acceptors (Lipinski definition) is 4. The molecule has 0 spiro atoms. The van der Waals surface area contributed by atoms with Gasteiger partial charge in [0.05, 0.1) is 5.56 Å². The number of benzene rings is 2. The summed E-state index contributed by atoms with van der Waals surface area (Å²) in [4.78, 5) is 21.6. The molecule has 0 aliphatic heterocycles. The van der Waals surface area contributed by atoms with E-state index in [1.807, 2.05) is 0 Å². The molecule has 1 atom stereocenters. The average molecular weight is 327 g/mol. The van der Waals surface area contributed by atoms with Gasteiger partial charge in [-0.1, -0.05) is 30.4 Å². The Labute approximate surface area is 138 Å². The Kier molecular flexibility index (Phi) is 5.34. The van der Waals surface area contributed by atoms with Crippen LogP contribution in [0.4, 0.5) is 0 Å². The van der Waals surface area contributed by atoms with E-state index in [1.54, 1.807) is 36.4 Å². The highest BCUT2D eigenvalue weighted by Crippen LogP contribution is 2.22. The molecule has 0 aliphatic carbocycles. The van der Waals surface area contributed by atoms with E-state index < -0.39 is 18.0 Å². The maximum atomic E-state index is 10.8. The van der Waals surface area contributed by atoms with Gasteiger partial charge in [-0.25, -0.2) is 4.79 Å². The smallest absolute Gasteiger partial charge is 0.335 e. The molecule has 124 valence electrons. The predicted octanol–water partition coefficient (Wildman–Crippen LogP) is 2.22. The van der Waals surface area contributed by atoms with E-state index >= 15 is 0 Å². The van der Waals surface area contributed by atoms with Crippen LogP contribution >= 0.6 is 0 Å². The van der Waals surface area contributed by atoms with E-state index in [0.29, 0.717) is 11.1 Å². The van der Waals surface area contributed by atoms with Crippen LogP contribution in [0.1, 0.15) is 27.0 Å². The van der Waals surface area contributed by atoms with Gasteiger partial charge in [0.1, 0.15) is 11.8 Å². The minimum atomic E-state index is -1.08. The third-order valence-corrected chi connectivity index (χ3v) is 3.48. The molecule has 5 N–H and O–H groups in total. The Morgan fingerprint density at radius 1 is 1.04 bits per heavy atom. The molecule has 24 heavy (non-hydrogen) atoms. The Morgan fingerprint density at radius 3 is 2.29 bits per heavy atom. The molecule has 0 aromatic heterocycles. The monoisotopic (exact) mass is 327 g/mol. The lowest BCUT2D eigenvalue weighted by Crippen LogP contribution is -2.32. The van der Waals surface area contributed by atoms with Crippen molar-refractivity contribution in [1.82, 2.24) is 0 Å². The fourth-order valence-electron chi connectivity index (χ4n) is 2.13. The third-order valence-electron chi connectivity index (χ3n) is 3.48. The summed E-state index contributed by atoms with van der Waals surface area (Å²) in [6.07, 6.45) is 3.55. The highest BCUT2D eigenvalue weighted by molar-refractivity contribution is 5.88. The summed E-state index contributed by atoms with van der Waals surface area (Å²) in [6, 6.07) is 10.1. The first-order valence-corrected chi connectivity index (χ1v) is 7.18. The molecule has 0 saturated heterocycles. The molecule has 0 radical (unpaired) electrons. The summed E-state index contributed by atoms with van der Waals surface area (Å²) in [5, 5.41) is 27.6. The maximum Gasteiger partial charge on any atom is 0.335 e. The number of phenols is 1. The lowest BCUT2D eigenvalue weighted by atomic mass is 10.0. The van der Waals surface area contributed by atoms with Crippen LogP contribution in [0.5, 0.6) is 5.75 Å². The summed E-state index contributed by atoms with van der Waals surface area (Å²) in [5.41, 5.74) is 7.70. The standard InChI is InChI=1S/C18H17NO5/c19-15(18(23)24)10-12-4-8-16(20)14(9-12)7-3-11-1-5-13(6-2-11)17(21)22/h1-9,15,20H,10,19H2,(H,21,22)(H,23,24)/b7-3+/t15-/m0/s1. The van der Waals surface area contributed by atoms with Gasteiger partial charge in [0.2, 0.25) is 0 Å². The molecule has 0 saturated carbocycles. The zero-order chi connectivity index (χ0) is 17.7. The molecule has 2 aromatic carbocycles. The lowest BCUT2D eigenvalue weighted by Gasteiger charge is -2.08. The van der Waals surface area contributed by atoms with Gasteiger partial charge >= 0.3 is 11.9 Å². The fourth-order valence-corrected chi connectivity index (χ4v) is 2.13. The summed E-state index contributed by atoms with van der Waals surface area (Å²) in [5.74, 6) is -2.02. The molecule has 0 aliphatic rings. The molecule has 0 amide bonds. The molecule has 0 unspecified atom stereocenters. The van der Waals surface area contributed by atoms with Crippen molar-refractivity contribution in [3.63, 3.8) is 0 Å². The van der Waals surface area contributed by atoms with Gasteiger partial charge < -0.3 is 21.1 Å². The van der Waals surface area contributed by atoms with Crippen LogP contribution in [-0.2, 0) is 11.2 Å². The number of rotatable bonds is 6. The number of hydrogen-bond donors (Lipinski definition) is 4. The molecule has 0 heterocycles. The molecule has 2 rings (SSSR count). The van der Waals surface area contributed by atoms with Crippen molar-refractivity contribution in [2.75, 3.05) is 0 Å². The normalized spacial score (nSPS) is 12.2. The third kappa shape index (κ3) is 4.44. The number of aromatic hydroxyl groups is 1. The lowest BCUT2D eigenvalue weighted by molar-refractivity contribution is -0.138. The largest absolute Gasteiger partial charge is 0.507 e. The first kappa shape index (κ1) is 17.2. The number of carboxylic acid groups (broad SMARTS) is 2. The Bertz CT molecular complexity index is 780. The van der Waals surface area contributed by atoms with Crippen LogP contribution in [-0.4, -0.2) is 33.3 Å². The molecule has 0 bridgehead atoms. The summed E-state index contributed by atoms with van der Waals surface area (Å²) in [6.45, 7) is 0. The van der Waals surface area contributed by atoms with Crippen LogP contribution in [0.25, 0.3) is 12.2 Å². The van der Waals surface area contributed by atoms with E-state index in [4.69, 9.17) is 15.9 Å². The number of carboxylic acids is 2. The molecule has 0 fully saturated rings. The first-order valence-electron chi connectivity index (χ1n) is 7.18. The van der Waals surface area contributed by atoms with Crippen molar-refractivity contribution in [3.8, 4) is 5.75 Å². The Morgan fingerprint density at radius 2 is 1.71 bits per heavy atom. The van der Waals surface area contributed by atoms with Crippen LogP contribution in [0.3, 0.4) is 0 Å². The van der Waals surface area contributed by atoms with Crippen molar-refractivity contribution in [3.05, 3.63) is 64.7 Å². The number of carbonyl (C=O) groups is 2. The number of aromatic carboxylic acids is 1. The topological polar surface area (TPSA) is 121 Å². The second kappa shape index (κ2) is 7.43. The molecule has 2 aromatic rings. The summed E-state index contributed by atoms with van der Waals surface area (Å²) in [7, 11) is 0. The minimum Gasteiger partial charge on any atom is -0.507 e. The van der Waals surface area contributed by atoms with E-state index in [0.717, 1.165) is 5.56 Å². The Hall–Kier alpha value is -3.12. The first-order chi connectivity index (χ1) is 11.4. The second-order valence-electron chi connectivity index (χ2n) is 5.30. The van der Waals surface area contributed by atoms with Crippen molar-refractivity contribution >= 4 is 24.1 Å². The van der Waals surface area contributed by atoms with E-state index in [2.05, 4.69) is 0 Å². The van der Waals surface area contributed by atoms with Crippen LogP contribution in [0, 0.1) is 0 Å². The van der Waals surface area contributed by atoms with Crippen LogP contribution in [0.15, 0.2) is 42.5 Å². The minimum absolute atomic E-state index is 0.0565. The van der Waals surface area contributed by atoms with E-state index in [-0.39, 0.29) is 17.7 Å². The molecule has 6 nitrogen and oxygen atoms in total. The Balaban J connectivity index is 2.18.